The quantitative estimate of drug-likeness (QED) is 0.454. The van der Waals surface area contributed by atoms with Gasteiger partial charge in [-0.25, -0.2) is 4.98 Å². The number of hydrogen-bond donors (Lipinski definition) is 1. The number of pyridine rings is 3. The van der Waals surface area contributed by atoms with Crippen molar-refractivity contribution in [2.24, 2.45) is 0 Å². The molecule has 0 aliphatic carbocycles. The van der Waals surface area contributed by atoms with Gasteiger partial charge < -0.3 is 5.32 Å². The Labute approximate surface area is 185 Å². The van der Waals surface area contributed by atoms with Crippen molar-refractivity contribution in [2.45, 2.75) is 27.3 Å². The minimum atomic E-state index is 0.579. The standard InChI is InChI=1S/C24H22N8/c1-15-8-18(12-27-23(15)20-5-7-26-17(3)10-20)13-28-24-31-30-22-11-21(29-14-32(22)24)19-4-6-25-16(2)9-19/h4-12,14H,13H2,1-3H3,(H,28,31). The van der Waals surface area contributed by atoms with Gasteiger partial charge in [0.05, 0.1) is 11.4 Å². The predicted octanol–water partition coefficient (Wildman–Crippen LogP) is 4.18. The number of rotatable bonds is 5. The van der Waals surface area contributed by atoms with Crippen LogP contribution in [-0.4, -0.2) is 34.5 Å². The summed E-state index contributed by atoms with van der Waals surface area (Å²) in [5.74, 6) is 0.636. The van der Waals surface area contributed by atoms with Crippen LogP contribution in [-0.2, 0) is 6.54 Å². The summed E-state index contributed by atoms with van der Waals surface area (Å²) in [5.41, 5.74) is 8.70. The van der Waals surface area contributed by atoms with Crippen LogP contribution < -0.4 is 5.32 Å². The molecule has 5 aromatic rings. The highest BCUT2D eigenvalue weighted by atomic mass is 15.3. The Bertz CT molecular complexity index is 1420. The van der Waals surface area contributed by atoms with E-state index >= 15 is 0 Å². The minimum Gasteiger partial charge on any atom is -0.350 e. The number of aromatic nitrogens is 7. The van der Waals surface area contributed by atoms with E-state index in [0.29, 0.717) is 12.5 Å². The van der Waals surface area contributed by atoms with E-state index in [4.69, 9.17) is 0 Å². The first-order valence-electron chi connectivity index (χ1n) is 10.3. The van der Waals surface area contributed by atoms with Crippen LogP contribution >= 0.6 is 0 Å². The lowest BCUT2D eigenvalue weighted by molar-refractivity contribution is 1.00. The molecule has 1 N–H and O–H groups in total. The monoisotopic (exact) mass is 422 g/mol. The van der Waals surface area contributed by atoms with Crippen LogP contribution in [0.2, 0.25) is 0 Å². The van der Waals surface area contributed by atoms with Crippen molar-refractivity contribution in [1.82, 2.24) is 34.5 Å². The van der Waals surface area contributed by atoms with Gasteiger partial charge in [0.15, 0.2) is 5.65 Å². The molecule has 5 heterocycles. The highest BCUT2D eigenvalue weighted by Gasteiger charge is 2.10. The molecule has 0 bridgehead atoms. The van der Waals surface area contributed by atoms with E-state index in [2.05, 4.69) is 48.4 Å². The van der Waals surface area contributed by atoms with E-state index in [9.17, 15) is 0 Å². The van der Waals surface area contributed by atoms with Crippen molar-refractivity contribution in [3.63, 3.8) is 0 Å². The summed E-state index contributed by atoms with van der Waals surface area (Å²) in [6.07, 6.45) is 7.22. The molecule has 0 spiro atoms. The average molecular weight is 422 g/mol. The second kappa shape index (κ2) is 8.14. The Hall–Kier alpha value is -4.20. The molecule has 0 aromatic carbocycles. The normalized spacial score (nSPS) is 11.1. The molecule has 0 aliphatic heterocycles. The molecule has 5 aromatic heterocycles. The first-order chi connectivity index (χ1) is 15.6. The average Bonchev–Trinajstić information content (AvgIpc) is 3.20. The smallest absolute Gasteiger partial charge is 0.230 e. The largest absolute Gasteiger partial charge is 0.350 e. The van der Waals surface area contributed by atoms with Gasteiger partial charge in [-0.05, 0) is 56.2 Å². The van der Waals surface area contributed by atoms with Crippen LogP contribution in [0, 0.1) is 20.8 Å². The molecule has 8 nitrogen and oxygen atoms in total. The van der Waals surface area contributed by atoms with Gasteiger partial charge in [-0.15, -0.1) is 10.2 Å². The zero-order valence-electron chi connectivity index (χ0n) is 18.1. The van der Waals surface area contributed by atoms with Crippen LogP contribution in [0.3, 0.4) is 0 Å². The summed E-state index contributed by atoms with van der Waals surface area (Å²) in [6, 6.07) is 12.0. The lowest BCUT2D eigenvalue weighted by Gasteiger charge is -2.09. The lowest BCUT2D eigenvalue weighted by Crippen LogP contribution is -2.05. The van der Waals surface area contributed by atoms with Gasteiger partial charge in [-0.3, -0.25) is 19.4 Å². The summed E-state index contributed by atoms with van der Waals surface area (Å²) in [6.45, 7) is 6.59. The fourth-order valence-corrected chi connectivity index (χ4v) is 3.68. The molecule has 0 saturated carbocycles. The van der Waals surface area contributed by atoms with Crippen molar-refractivity contribution in [3.8, 4) is 22.5 Å². The molecule has 0 atom stereocenters. The Balaban J connectivity index is 1.34. The second-order valence-electron chi connectivity index (χ2n) is 7.76. The third-order valence-corrected chi connectivity index (χ3v) is 5.25. The summed E-state index contributed by atoms with van der Waals surface area (Å²) < 4.78 is 1.84. The molecule has 8 heteroatoms. The Morgan fingerprint density at radius 2 is 1.56 bits per heavy atom. The van der Waals surface area contributed by atoms with Gasteiger partial charge >= 0.3 is 0 Å². The van der Waals surface area contributed by atoms with Crippen molar-refractivity contribution in [1.29, 1.82) is 0 Å². The zero-order chi connectivity index (χ0) is 22.1. The highest BCUT2D eigenvalue weighted by molar-refractivity contribution is 5.64. The molecule has 0 radical (unpaired) electrons. The van der Waals surface area contributed by atoms with Crippen molar-refractivity contribution < 1.29 is 0 Å². The molecule has 0 aliphatic rings. The minimum absolute atomic E-state index is 0.579. The molecule has 158 valence electrons. The maximum atomic E-state index is 4.68. The van der Waals surface area contributed by atoms with Crippen molar-refractivity contribution in [2.75, 3.05) is 5.32 Å². The molecule has 32 heavy (non-hydrogen) atoms. The predicted molar refractivity (Wildman–Crippen MR) is 123 cm³/mol. The number of aryl methyl sites for hydroxylation is 3. The highest BCUT2D eigenvalue weighted by Crippen LogP contribution is 2.23. The van der Waals surface area contributed by atoms with Gasteiger partial charge in [0, 0.05) is 53.7 Å². The van der Waals surface area contributed by atoms with Gasteiger partial charge in [-0.1, -0.05) is 6.07 Å². The van der Waals surface area contributed by atoms with E-state index in [-0.39, 0.29) is 0 Å². The van der Waals surface area contributed by atoms with Crippen LogP contribution in [0.25, 0.3) is 28.2 Å². The summed E-state index contributed by atoms with van der Waals surface area (Å²) >= 11 is 0. The van der Waals surface area contributed by atoms with E-state index in [1.165, 1.54) is 0 Å². The summed E-state index contributed by atoms with van der Waals surface area (Å²) in [5, 5.41) is 11.9. The first-order valence-corrected chi connectivity index (χ1v) is 10.3. The van der Waals surface area contributed by atoms with E-state index in [1.807, 2.05) is 61.0 Å². The third kappa shape index (κ3) is 3.90. The van der Waals surface area contributed by atoms with E-state index in [1.54, 1.807) is 12.5 Å². The van der Waals surface area contributed by atoms with Gasteiger partial charge in [0.1, 0.15) is 6.33 Å². The van der Waals surface area contributed by atoms with Crippen molar-refractivity contribution in [3.05, 3.63) is 83.8 Å². The number of hydrogen-bond acceptors (Lipinski definition) is 7. The first kappa shape index (κ1) is 19.7. The van der Waals surface area contributed by atoms with Crippen LogP contribution in [0.4, 0.5) is 5.95 Å². The zero-order valence-corrected chi connectivity index (χ0v) is 18.1. The molecule has 0 saturated heterocycles. The summed E-state index contributed by atoms with van der Waals surface area (Å²) in [7, 11) is 0. The van der Waals surface area contributed by atoms with Crippen LogP contribution in [0.5, 0.6) is 0 Å². The summed E-state index contributed by atoms with van der Waals surface area (Å²) in [4.78, 5) is 17.7. The third-order valence-electron chi connectivity index (χ3n) is 5.25. The number of anilines is 1. The fourth-order valence-electron chi connectivity index (χ4n) is 3.68. The lowest BCUT2D eigenvalue weighted by atomic mass is 10.1. The molecular weight excluding hydrogens is 400 g/mol. The second-order valence-corrected chi connectivity index (χ2v) is 7.76. The SMILES string of the molecule is Cc1cc(-c2cc3nnc(NCc4cnc(-c5ccnc(C)c5)c(C)c4)n3cn2)ccn1. The van der Waals surface area contributed by atoms with E-state index < -0.39 is 0 Å². The number of nitrogens with zero attached hydrogens (tertiary/aromatic N) is 7. The molecule has 0 unspecified atom stereocenters. The van der Waals surface area contributed by atoms with E-state index in [0.717, 1.165) is 50.7 Å². The van der Waals surface area contributed by atoms with Crippen LogP contribution in [0.1, 0.15) is 22.5 Å². The van der Waals surface area contributed by atoms with Gasteiger partial charge in [-0.2, -0.15) is 0 Å². The Morgan fingerprint density at radius 3 is 2.31 bits per heavy atom. The van der Waals surface area contributed by atoms with Crippen LogP contribution in [0.15, 0.2) is 61.3 Å². The van der Waals surface area contributed by atoms with Gasteiger partial charge in [0.2, 0.25) is 5.95 Å². The number of nitrogens with one attached hydrogen (secondary N) is 1. The maximum absolute atomic E-state index is 4.68. The Morgan fingerprint density at radius 1 is 0.812 bits per heavy atom. The Kier molecular flexibility index (Phi) is 5.03. The van der Waals surface area contributed by atoms with Gasteiger partial charge in [0.25, 0.3) is 0 Å². The topological polar surface area (TPSA) is 93.8 Å². The number of fused-ring (bicyclic) bond motifs is 1. The molecule has 0 fully saturated rings. The van der Waals surface area contributed by atoms with Crippen molar-refractivity contribution >= 4 is 11.6 Å². The fraction of sp³-hybridized carbons (Fsp3) is 0.167. The molecular formula is C24H22N8. The molecule has 5 rings (SSSR count). The maximum Gasteiger partial charge on any atom is 0.230 e. The molecule has 0 amide bonds.